The Bertz CT molecular complexity index is 243. The van der Waals surface area contributed by atoms with Crippen LogP contribution < -0.4 is 10.6 Å². The minimum atomic E-state index is -0.191. The monoisotopic (exact) mass is 228 g/mol. The molecule has 0 spiro atoms. The van der Waals surface area contributed by atoms with Crippen LogP contribution in [-0.2, 0) is 14.3 Å². The Kier molecular flexibility index (Phi) is 5.85. The maximum atomic E-state index is 11.5. The number of hydrogen-bond acceptors (Lipinski definition) is 3. The molecule has 1 heterocycles. The summed E-state index contributed by atoms with van der Waals surface area (Å²) in [6.45, 7) is 4.60. The van der Waals surface area contributed by atoms with E-state index in [1.165, 1.54) is 0 Å². The highest BCUT2D eigenvalue weighted by atomic mass is 16.5. The standard InChI is InChI=1S/C11H20N2O3/c1-2-5-16-6-3-4-12-11(15)9-7-10(14)13-8-9/h9H,2-8H2,1H3,(H,12,15)(H,13,14). The normalized spacial score (nSPS) is 19.6. The van der Waals surface area contributed by atoms with E-state index < -0.39 is 0 Å². The summed E-state index contributed by atoms with van der Waals surface area (Å²) in [5.74, 6) is -0.260. The van der Waals surface area contributed by atoms with Crippen LogP contribution in [0.25, 0.3) is 0 Å². The summed E-state index contributed by atoms with van der Waals surface area (Å²) >= 11 is 0. The molecule has 1 aliphatic heterocycles. The van der Waals surface area contributed by atoms with Crippen molar-refractivity contribution >= 4 is 11.8 Å². The molecule has 0 saturated carbocycles. The number of amides is 2. The van der Waals surface area contributed by atoms with Gasteiger partial charge in [-0.25, -0.2) is 0 Å². The van der Waals surface area contributed by atoms with Gasteiger partial charge in [0.25, 0.3) is 0 Å². The maximum Gasteiger partial charge on any atom is 0.225 e. The van der Waals surface area contributed by atoms with Gasteiger partial charge in [-0.3, -0.25) is 9.59 Å². The third-order valence-corrected chi connectivity index (χ3v) is 2.46. The molecule has 0 aromatic heterocycles. The van der Waals surface area contributed by atoms with E-state index in [0.717, 1.165) is 19.4 Å². The van der Waals surface area contributed by atoms with Crippen molar-refractivity contribution in [1.82, 2.24) is 10.6 Å². The molecule has 0 aliphatic carbocycles. The zero-order valence-corrected chi connectivity index (χ0v) is 9.75. The molecule has 5 nitrogen and oxygen atoms in total. The zero-order valence-electron chi connectivity index (χ0n) is 9.75. The van der Waals surface area contributed by atoms with Crippen molar-refractivity contribution in [2.24, 2.45) is 5.92 Å². The average Bonchev–Trinajstić information content (AvgIpc) is 2.70. The molecule has 92 valence electrons. The van der Waals surface area contributed by atoms with Crippen LogP contribution in [0.1, 0.15) is 26.2 Å². The fourth-order valence-corrected chi connectivity index (χ4v) is 1.57. The molecular weight excluding hydrogens is 208 g/mol. The molecule has 2 amide bonds. The van der Waals surface area contributed by atoms with Gasteiger partial charge in [0.15, 0.2) is 0 Å². The van der Waals surface area contributed by atoms with Crippen LogP contribution in [-0.4, -0.2) is 38.1 Å². The van der Waals surface area contributed by atoms with Gasteiger partial charge in [-0.15, -0.1) is 0 Å². The van der Waals surface area contributed by atoms with Gasteiger partial charge in [-0.2, -0.15) is 0 Å². The highest BCUT2D eigenvalue weighted by molar-refractivity contribution is 5.89. The third-order valence-electron chi connectivity index (χ3n) is 2.46. The van der Waals surface area contributed by atoms with Crippen LogP contribution >= 0.6 is 0 Å². The lowest BCUT2D eigenvalue weighted by atomic mass is 10.1. The first kappa shape index (κ1) is 13.0. The number of ether oxygens (including phenoxy) is 1. The maximum absolute atomic E-state index is 11.5. The highest BCUT2D eigenvalue weighted by Crippen LogP contribution is 2.08. The van der Waals surface area contributed by atoms with Crippen LogP contribution in [0.5, 0.6) is 0 Å². The van der Waals surface area contributed by atoms with Gasteiger partial charge < -0.3 is 15.4 Å². The van der Waals surface area contributed by atoms with Gasteiger partial charge in [0.2, 0.25) is 11.8 Å². The second-order valence-electron chi connectivity index (χ2n) is 3.96. The topological polar surface area (TPSA) is 67.4 Å². The van der Waals surface area contributed by atoms with Crippen molar-refractivity contribution in [3.05, 3.63) is 0 Å². The van der Waals surface area contributed by atoms with Crippen LogP contribution in [0.15, 0.2) is 0 Å². The van der Waals surface area contributed by atoms with Crippen LogP contribution in [0.4, 0.5) is 0 Å². The Balaban J connectivity index is 2.00. The molecule has 2 N–H and O–H groups in total. The third kappa shape index (κ3) is 4.61. The Hall–Kier alpha value is -1.10. The molecule has 1 atom stereocenters. The van der Waals surface area contributed by atoms with Gasteiger partial charge in [-0.05, 0) is 12.8 Å². The van der Waals surface area contributed by atoms with Gasteiger partial charge in [0.05, 0.1) is 5.92 Å². The van der Waals surface area contributed by atoms with Crippen molar-refractivity contribution in [2.75, 3.05) is 26.3 Å². The quantitative estimate of drug-likeness (QED) is 0.605. The van der Waals surface area contributed by atoms with Gasteiger partial charge in [0, 0.05) is 32.7 Å². The second-order valence-corrected chi connectivity index (χ2v) is 3.96. The van der Waals surface area contributed by atoms with E-state index in [-0.39, 0.29) is 17.7 Å². The van der Waals surface area contributed by atoms with E-state index in [1.54, 1.807) is 0 Å². The fourth-order valence-electron chi connectivity index (χ4n) is 1.57. The van der Waals surface area contributed by atoms with Crippen LogP contribution in [0, 0.1) is 5.92 Å². The molecule has 0 bridgehead atoms. The lowest BCUT2D eigenvalue weighted by Gasteiger charge is -2.08. The Morgan fingerprint density at radius 1 is 1.56 bits per heavy atom. The molecule has 16 heavy (non-hydrogen) atoms. The summed E-state index contributed by atoms with van der Waals surface area (Å²) in [5.41, 5.74) is 0. The number of rotatable bonds is 7. The summed E-state index contributed by atoms with van der Waals surface area (Å²) < 4.78 is 5.29. The van der Waals surface area contributed by atoms with Crippen molar-refractivity contribution in [3.63, 3.8) is 0 Å². The predicted octanol–water partition coefficient (Wildman–Crippen LogP) is 0.0554. The minimum absolute atomic E-state index is 0.0335. The number of hydrogen-bond donors (Lipinski definition) is 2. The van der Waals surface area contributed by atoms with E-state index in [0.29, 0.717) is 26.1 Å². The number of carbonyl (C=O) groups excluding carboxylic acids is 2. The Morgan fingerprint density at radius 2 is 2.38 bits per heavy atom. The lowest BCUT2D eigenvalue weighted by Crippen LogP contribution is -2.32. The minimum Gasteiger partial charge on any atom is -0.381 e. The van der Waals surface area contributed by atoms with E-state index in [1.807, 2.05) is 0 Å². The summed E-state index contributed by atoms with van der Waals surface area (Å²) in [4.78, 5) is 22.4. The molecule has 1 fully saturated rings. The first-order valence-corrected chi connectivity index (χ1v) is 5.86. The molecule has 0 aromatic carbocycles. The second kappa shape index (κ2) is 7.22. The van der Waals surface area contributed by atoms with Crippen LogP contribution in [0.3, 0.4) is 0 Å². The molecule has 1 rings (SSSR count). The van der Waals surface area contributed by atoms with Gasteiger partial charge >= 0.3 is 0 Å². The first-order valence-electron chi connectivity index (χ1n) is 5.86. The summed E-state index contributed by atoms with van der Waals surface area (Å²) in [6, 6.07) is 0. The first-order chi connectivity index (χ1) is 7.74. The Morgan fingerprint density at radius 3 is 3.00 bits per heavy atom. The van der Waals surface area contributed by atoms with Crippen molar-refractivity contribution in [2.45, 2.75) is 26.2 Å². The SMILES string of the molecule is CCCOCCCNC(=O)C1CNC(=O)C1. The summed E-state index contributed by atoms with van der Waals surface area (Å²) in [7, 11) is 0. The van der Waals surface area contributed by atoms with Crippen molar-refractivity contribution < 1.29 is 14.3 Å². The predicted molar refractivity (Wildman–Crippen MR) is 59.9 cm³/mol. The number of carbonyl (C=O) groups is 2. The highest BCUT2D eigenvalue weighted by Gasteiger charge is 2.27. The number of nitrogens with one attached hydrogen (secondary N) is 2. The van der Waals surface area contributed by atoms with Gasteiger partial charge in [-0.1, -0.05) is 6.92 Å². The average molecular weight is 228 g/mol. The summed E-state index contributed by atoms with van der Waals surface area (Å²) in [6.07, 6.45) is 2.15. The zero-order chi connectivity index (χ0) is 11.8. The molecular formula is C11H20N2O3. The molecule has 0 aromatic rings. The van der Waals surface area contributed by atoms with Gasteiger partial charge in [0.1, 0.15) is 0 Å². The van der Waals surface area contributed by atoms with E-state index >= 15 is 0 Å². The van der Waals surface area contributed by atoms with Crippen LogP contribution in [0.2, 0.25) is 0 Å². The van der Waals surface area contributed by atoms with E-state index in [4.69, 9.17) is 4.74 Å². The summed E-state index contributed by atoms with van der Waals surface area (Å²) in [5, 5.41) is 5.46. The fraction of sp³-hybridized carbons (Fsp3) is 0.818. The molecule has 1 unspecified atom stereocenters. The Labute approximate surface area is 95.9 Å². The smallest absolute Gasteiger partial charge is 0.225 e. The largest absolute Gasteiger partial charge is 0.381 e. The van der Waals surface area contributed by atoms with E-state index in [9.17, 15) is 9.59 Å². The molecule has 0 radical (unpaired) electrons. The van der Waals surface area contributed by atoms with Crippen molar-refractivity contribution in [3.8, 4) is 0 Å². The molecule has 1 aliphatic rings. The molecule has 1 saturated heterocycles. The van der Waals surface area contributed by atoms with E-state index in [2.05, 4.69) is 17.6 Å². The van der Waals surface area contributed by atoms with Crippen molar-refractivity contribution in [1.29, 1.82) is 0 Å². The molecule has 5 heteroatoms. The lowest BCUT2D eigenvalue weighted by molar-refractivity contribution is -0.126.